The van der Waals surface area contributed by atoms with Gasteiger partial charge in [0.1, 0.15) is 0 Å². The standard InChI is InChI=1S/C11H16O3S2/c1-9(7-8-12)15-10-5-3-4-6-11(10)16(2,13)14/h3-6,9,12H,7-8H2,1-2H3. The van der Waals surface area contributed by atoms with E-state index in [1.807, 2.05) is 13.0 Å². The second-order valence-electron chi connectivity index (χ2n) is 3.66. The van der Waals surface area contributed by atoms with Crippen molar-refractivity contribution in [1.82, 2.24) is 0 Å². The third-order valence-corrected chi connectivity index (χ3v) is 4.64. The highest BCUT2D eigenvalue weighted by Crippen LogP contribution is 2.30. The molecule has 0 aliphatic rings. The van der Waals surface area contributed by atoms with Crippen LogP contribution in [-0.4, -0.2) is 31.6 Å². The first kappa shape index (κ1) is 13.5. The number of thioether (sulfide) groups is 1. The molecule has 0 heterocycles. The van der Waals surface area contributed by atoms with E-state index in [4.69, 9.17) is 5.11 Å². The van der Waals surface area contributed by atoms with E-state index in [0.29, 0.717) is 11.3 Å². The summed E-state index contributed by atoms with van der Waals surface area (Å²) in [5.41, 5.74) is 0. The molecule has 3 nitrogen and oxygen atoms in total. The molecule has 16 heavy (non-hydrogen) atoms. The van der Waals surface area contributed by atoms with Gasteiger partial charge in [0.15, 0.2) is 9.84 Å². The molecule has 1 aromatic rings. The molecule has 0 saturated heterocycles. The lowest BCUT2D eigenvalue weighted by atomic mass is 10.3. The fraction of sp³-hybridized carbons (Fsp3) is 0.455. The van der Waals surface area contributed by atoms with E-state index in [1.54, 1.807) is 18.2 Å². The second-order valence-corrected chi connectivity index (χ2v) is 7.12. The van der Waals surface area contributed by atoms with Crippen molar-refractivity contribution in [2.24, 2.45) is 0 Å². The van der Waals surface area contributed by atoms with E-state index in [0.717, 1.165) is 4.90 Å². The van der Waals surface area contributed by atoms with Crippen LogP contribution in [0.3, 0.4) is 0 Å². The van der Waals surface area contributed by atoms with E-state index in [1.165, 1.54) is 18.0 Å². The Morgan fingerprint density at radius 2 is 2.00 bits per heavy atom. The first-order valence-corrected chi connectivity index (χ1v) is 7.79. The number of hydrogen-bond donors (Lipinski definition) is 1. The zero-order valence-electron chi connectivity index (χ0n) is 9.38. The van der Waals surface area contributed by atoms with Crippen molar-refractivity contribution in [3.8, 4) is 0 Å². The number of benzene rings is 1. The summed E-state index contributed by atoms with van der Waals surface area (Å²) in [6.45, 7) is 2.09. The van der Waals surface area contributed by atoms with Crippen LogP contribution in [0.2, 0.25) is 0 Å². The van der Waals surface area contributed by atoms with Crippen LogP contribution in [0.1, 0.15) is 13.3 Å². The van der Waals surface area contributed by atoms with Gasteiger partial charge in [-0.3, -0.25) is 0 Å². The molecule has 0 amide bonds. The minimum Gasteiger partial charge on any atom is -0.396 e. The Bertz CT molecular complexity index is 440. The van der Waals surface area contributed by atoms with Gasteiger partial charge in [-0.05, 0) is 18.6 Å². The quantitative estimate of drug-likeness (QED) is 0.822. The molecule has 0 aliphatic carbocycles. The molecule has 0 spiro atoms. The van der Waals surface area contributed by atoms with Crippen LogP contribution in [0.4, 0.5) is 0 Å². The van der Waals surface area contributed by atoms with E-state index >= 15 is 0 Å². The highest BCUT2D eigenvalue weighted by Gasteiger charge is 2.14. The smallest absolute Gasteiger partial charge is 0.176 e. The Balaban J connectivity index is 2.96. The van der Waals surface area contributed by atoms with Crippen LogP contribution in [0.25, 0.3) is 0 Å². The first-order valence-electron chi connectivity index (χ1n) is 5.01. The van der Waals surface area contributed by atoms with Gasteiger partial charge in [-0.1, -0.05) is 19.1 Å². The van der Waals surface area contributed by atoms with Crippen molar-refractivity contribution in [3.05, 3.63) is 24.3 Å². The Morgan fingerprint density at radius 1 is 1.38 bits per heavy atom. The van der Waals surface area contributed by atoms with Gasteiger partial charge < -0.3 is 5.11 Å². The number of aliphatic hydroxyl groups excluding tert-OH is 1. The molecular formula is C11H16O3S2. The van der Waals surface area contributed by atoms with Crippen molar-refractivity contribution in [2.45, 2.75) is 28.4 Å². The average Bonchev–Trinajstić information content (AvgIpc) is 2.17. The third kappa shape index (κ3) is 3.81. The van der Waals surface area contributed by atoms with Gasteiger partial charge in [-0.25, -0.2) is 8.42 Å². The maximum Gasteiger partial charge on any atom is 0.176 e. The van der Waals surface area contributed by atoms with Gasteiger partial charge in [0.05, 0.1) is 4.90 Å². The molecule has 1 rings (SSSR count). The van der Waals surface area contributed by atoms with Crippen molar-refractivity contribution in [2.75, 3.05) is 12.9 Å². The summed E-state index contributed by atoms with van der Waals surface area (Å²) in [6.07, 6.45) is 1.87. The molecule has 5 heteroatoms. The van der Waals surface area contributed by atoms with Crippen LogP contribution in [-0.2, 0) is 9.84 Å². The lowest BCUT2D eigenvalue weighted by molar-refractivity contribution is 0.289. The fourth-order valence-corrected chi connectivity index (χ4v) is 3.67. The predicted octanol–water partition coefficient (Wildman–Crippen LogP) is 1.95. The lowest BCUT2D eigenvalue weighted by Gasteiger charge is -2.12. The zero-order chi connectivity index (χ0) is 12.2. The summed E-state index contributed by atoms with van der Waals surface area (Å²) < 4.78 is 23.1. The van der Waals surface area contributed by atoms with Gasteiger partial charge in [-0.15, -0.1) is 11.8 Å². The molecule has 1 unspecified atom stereocenters. The lowest BCUT2D eigenvalue weighted by Crippen LogP contribution is -2.03. The number of hydrogen-bond acceptors (Lipinski definition) is 4. The van der Waals surface area contributed by atoms with Gasteiger partial charge in [0, 0.05) is 23.0 Å². The summed E-state index contributed by atoms with van der Waals surface area (Å²) >= 11 is 1.48. The maximum absolute atomic E-state index is 11.5. The van der Waals surface area contributed by atoms with Crippen LogP contribution >= 0.6 is 11.8 Å². The van der Waals surface area contributed by atoms with E-state index in [-0.39, 0.29) is 11.9 Å². The topological polar surface area (TPSA) is 54.4 Å². The zero-order valence-corrected chi connectivity index (χ0v) is 11.0. The minimum absolute atomic E-state index is 0.120. The van der Waals surface area contributed by atoms with Crippen molar-refractivity contribution in [3.63, 3.8) is 0 Å². The summed E-state index contributed by atoms with van der Waals surface area (Å²) in [5, 5.41) is 9.01. The molecule has 1 atom stereocenters. The van der Waals surface area contributed by atoms with E-state index < -0.39 is 9.84 Å². The van der Waals surface area contributed by atoms with Gasteiger partial charge in [-0.2, -0.15) is 0 Å². The van der Waals surface area contributed by atoms with Gasteiger partial charge in [0.25, 0.3) is 0 Å². The largest absolute Gasteiger partial charge is 0.396 e. The molecule has 0 bridgehead atoms. The van der Waals surface area contributed by atoms with Crippen molar-refractivity contribution in [1.29, 1.82) is 0 Å². The average molecular weight is 260 g/mol. The molecular weight excluding hydrogens is 244 g/mol. The van der Waals surface area contributed by atoms with Crippen LogP contribution < -0.4 is 0 Å². The highest BCUT2D eigenvalue weighted by atomic mass is 32.2. The summed E-state index contributed by atoms with van der Waals surface area (Å²) in [5.74, 6) is 0. The second kappa shape index (κ2) is 5.70. The van der Waals surface area contributed by atoms with Crippen LogP contribution in [0, 0.1) is 0 Å². The van der Waals surface area contributed by atoms with Crippen molar-refractivity contribution < 1.29 is 13.5 Å². The number of rotatable bonds is 5. The SMILES string of the molecule is CC(CCO)Sc1ccccc1S(C)(=O)=O. The number of aliphatic hydroxyl groups is 1. The van der Waals surface area contributed by atoms with Gasteiger partial charge >= 0.3 is 0 Å². The molecule has 0 aromatic heterocycles. The van der Waals surface area contributed by atoms with Crippen LogP contribution in [0.5, 0.6) is 0 Å². The summed E-state index contributed by atoms with van der Waals surface area (Å²) in [6, 6.07) is 6.96. The van der Waals surface area contributed by atoms with E-state index in [2.05, 4.69) is 0 Å². The molecule has 0 fully saturated rings. The van der Waals surface area contributed by atoms with Crippen LogP contribution in [0.15, 0.2) is 34.1 Å². The van der Waals surface area contributed by atoms with E-state index in [9.17, 15) is 8.42 Å². The molecule has 0 saturated carbocycles. The number of sulfone groups is 1. The minimum atomic E-state index is -3.18. The third-order valence-electron chi connectivity index (χ3n) is 2.11. The Hall–Kier alpha value is -0.520. The molecule has 1 N–H and O–H groups in total. The summed E-state index contributed by atoms with van der Waals surface area (Å²) in [7, 11) is -3.18. The Labute approximate surface area is 101 Å². The molecule has 90 valence electrons. The van der Waals surface area contributed by atoms with Crippen molar-refractivity contribution >= 4 is 21.6 Å². The fourth-order valence-electron chi connectivity index (χ4n) is 1.31. The van der Waals surface area contributed by atoms with Gasteiger partial charge in [0.2, 0.25) is 0 Å². The Morgan fingerprint density at radius 3 is 2.56 bits per heavy atom. The molecule has 0 aliphatic heterocycles. The monoisotopic (exact) mass is 260 g/mol. The Kier molecular flexibility index (Phi) is 4.83. The first-order chi connectivity index (χ1) is 7.45. The highest BCUT2D eigenvalue weighted by molar-refractivity contribution is 8.00. The summed E-state index contributed by atoms with van der Waals surface area (Å²) in [4.78, 5) is 1.12. The maximum atomic E-state index is 11.5. The molecule has 0 radical (unpaired) electrons. The predicted molar refractivity (Wildman–Crippen MR) is 66.6 cm³/mol. The molecule has 1 aromatic carbocycles. The normalized spacial score (nSPS) is 13.7.